The van der Waals surface area contributed by atoms with Crippen molar-refractivity contribution in [3.05, 3.63) is 12.2 Å². The third-order valence-electron chi connectivity index (χ3n) is 1.24. The average Bonchev–Trinajstić information content (AvgIpc) is 1.87. The number of carbonyl (C=O) groups excluding carboxylic acids is 1. The van der Waals surface area contributed by atoms with Gasteiger partial charge in [0.15, 0.2) is 0 Å². The lowest BCUT2D eigenvalue weighted by Gasteiger charge is -2.03. The van der Waals surface area contributed by atoms with Crippen LogP contribution >= 0.6 is 0 Å². The highest BCUT2D eigenvalue weighted by atomic mass is 16.5. The molecule has 0 heterocycles. The van der Waals surface area contributed by atoms with Gasteiger partial charge in [-0.2, -0.15) is 0 Å². The van der Waals surface area contributed by atoms with Crippen LogP contribution in [0.5, 0.6) is 0 Å². The van der Waals surface area contributed by atoms with Crippen LogP contribution in [-0.2, 0) is 9.53 Å². The van der Waals surface area contributed by atoms with E-state index in [4.69, 9.17) is 4.74 Å². The van der Waals surface area contributed by atoms with Gasteiger partial charge in [-0.25, -0.2) is 4.79 Å². The van der Waals surface area contributed by atoms with Gasteiger partial charge in [-0.15, -0.1) is 0 Å². The van der Waals surface area contributed by atoms with Gasteiger partial charge < -0.3 is 4.74 Å². The molecule has 0 N–H and O–H groups in total. The minimum atomic E-state index is -0.242. The SMILES string of the molecule is C/C=C\C(=O)OCCC(C)C. The van der Waals surface area contributed by atoms with E-state index in [1.54, 1.807) is 13.0 Å². The number of rotatable bonds is 4. The van der Waals surface area contributed by atoms with Crippen molar-refractivity contribution in [3.63, 3.8) is 0 Å². The van der Waals surface area contributed by atoms with Gasteiger partial charge in [0.25, 0.3) is 0 Å². The summed E-state index contributed by atoms with van der Waals surface area (Å²) >= 11 is 0. The minimum absolute atomic E-state index is 0.242. The van der Waals surface area contributed by atoms with Crippen LogP contribution in [0.3, 0.4) is 0 Å². The second-order valence-electron chi connectivity index (χ2n) is 2.85. The van der Waals surface area contributed by atoms with E-state index in [0.29, 0.717) is 12.5 Å². The van der Waals surface area contributed by atoms with E-state index in [1.807, 2.05) is 0 Å². The van der Waals surface area contributed by atoms with Gasteiger partial charge in [-0.3, -0.25) is 0 Å². The summed E-state index contributed by atoms with van der Waals surface area (Å²) in [4.78, 5) is 10.7. The normalized spacial score (nSPS) is 10.9. The number of hydrogen-bond acceptors (Lipinski definition) is 2. The summed E-state index contributed by atoms with van der Waals surface area (Å²) in [6.45, 7) is 6.53. The molecule has 0 aliphatic carbocycles. The summed E-state index contributed by atoms with van der Waals surface area (Å²) in [5.41, 5.74) is 0. The zero-order valence-corrected chi connectivity index (χ0v) is 7.46. The number of esters is 1. The van der Waals surface area contributed by atoms with Crippen molar-refractivity contribution >= 4 is 5.97 Å². The van der Waals surface area contributed by atoms with Crippen LogP contribution in [0.1, 0.15) is 27.2 Å². The maximum atomic E-state index is 10.7. The van der Waals surface area contributed by atoms with Gasteiger partial charge in [0.2, 0.25) is 0 Å². The molecular formula is C9H16O2. The van der Waals surface area contributed by atoms with Gasteiger partial charge in [0, 0.05) is 6.08 Å². The Morgan fingerprint density at radius 2 is 2.18 bits per heavy atom. The van der Waals surface area contributed by atoms with Crippen LogP contribution in [0, 0.1) is 5.92 Å². The lowest BCUT2D eigenvalue weighted by Crippen LogP contribution is -2.04. The molecule has 11 heavy (non-hydrogen) atoms. The zero-order valence-electron chi connectivity index (χ0n) is 7.46. The molecule has 0 fully saturated rings. The van der Waals surface area contributed by atoms with Crippen LogP contribution in [0.15, 0.2) is 12.2 Å². The number of allylic oxidation sites excluding steroid dienone is 1. The van der Waals surface area contributed by atoms with E-state index in [-0.39, 0.29) is 5.97 Å². The molecule has 0 atom stereocenters. The Bertz CT molecular complexity index is 136. The van der Waals surface area contributed by atoms with Crippen molar-refractivity contribution in [2.75, 3.05) is 6.61 Å². The number of carbonyl (C=O) groups is 1. The maximum absolute atomic E-state index is 10.7. The molecule has 64 valence electrons. The smallest absolute Gasteiger partial charge is 0.330 e. The molecule has 0 aliphatic rings. The van der Waals surface area contributed by atoms with Gasteiger partial charge >= 0.3 is 5.97 Å². The summed E-state index contributed by atoms with van der Waals surface area (Å²) in [5, 5.41) is 0. The molecule has 0 unspecified atom stereocenters. The first-order valence-corrected chi connectivity index (χ1v) is 3.96. The Balaban J connectivity index is 3.32. The molecule has 0 radical (unpaired) electrons. The lowest BCUT2D eigenvalue weighted by atomic mass is 10.1. The molecule has 0 saturated heterocycles. The molecule has 2 nitrogen and oxygen atoms in total. The summed E-state index contributed by atoms with van der Waals surface area (Å²) in [5.74, 6) is 0.349. The van der Waals surface area contributed by atoms with Crippen LogP contribution in [0.25, 0.3) is 0 Å². The highest BCUT2D eigenvalue weighted by Gasteiger charge is 1.97. The van der Waals surface area contributed by atoms with Gasteiger partial charge in [-0.05, 0) is 19.3 Å². The Labute approximate surface area is 68.2 Å². The quantitative estimate of drug-likeness (QED) is 0.460. The monoisotopic (exact) mass is 156 g/mol. The molecule has 0 aromatic heterocycles. The molecule has 0 bridgehead atoms. The van der Waals surface area contributed by atoms with Crippen LogP contribution in [-0.4, -0.2) is 12.6 Å². The van der Waals surface area contributed by atoms with Crippen LogP contribution in [0.2, 0.25) is 0 Å². The van der Waals surface area contributed by atoms with Crippen molar-refractivity contribution in [1.29, 1.82) is 0 Å². The summed E-state index contributed by atoms with van der Waals surface area (Å²) in [6.07, 6.45) is 4.04. The molecular weight excluding hydrogens is 140 g/mol. The van der Waals surface area contributed by atoms with Crippen molar-refractivity contribution in [2.24, 2.45) is 5.92 Å². The third kappa shape index (κ3) is 7.10. The van der Waals surface area contributed by atoms with E-state index in [0.717, 1.165) is 6.42 Å². The predicted molar refractivity (Wildman–Crippen MR) is 45.2 cm³/mol. The van der Waals surface area contributed by atoms with E-state index in [2.05, 4.69) is 13.8 Å². The highest BCUT2D eigenvalue weighted by molar-refractivity contribution is 5.81. The fourth-order valence-corrected chi connectivity index (χ4v) is 0.579. The molecule has 0 aliphatic heterocycles. The standard InChI is InChI=1S/C9H16O2/c1-4-5-9(10)11-7-6-8(2)3/h4-5,8H,6-7H2,1-3H3/b5-4-. The van der Waals surface area contributed by atoms with Crippen molar-refractivity contribution < 1.29 is 9.53 Å². The van der Waals surface area contributed by atoms with Crippen molar-refractivity contribution in [2.45, 2.75) is 27.2 Å². The first-order valence-electron chi connectivity index (χ1n) is 3.96. The Hall–Kier alpha value is -0.790. The summed E-state index contributed by atoms with van der Waals surface area (Å²) in [6, 6.07) is 0. The van der Waals surface area contributed by atoms with E-state index >= 15 is 0 Å². The first kappa shape index (κ1) is 10.2. The van der Waals surface area contributed by atoms with Gasteiger partial charge in [0.1, 0.15) is 0 Å². The zero-order chi connectivity index (χ0) is 8.69. The Morgan fingerprint density at radius 3 is 2.64 bits per heavy atom. The fraction of sp³-hybridized carbons (Fsp3) is 0.667. The van der Waals surface area contributed by atoms with E-state index < -0.39 is 0 Å². The van der Waals surface area contributed by atoms with Crippen molar-refractivity contribution in [1.82, 2.24) is 0 Å². The molecule has 0 rings (SSSR count). The molecule has 0 aromatic rings. The van der Waals surface area contributed by atoms with Crippen molar-refractivity contribution in [3.8, 4) is 0 Å². The van der Waals surface area contributed by atoms with E-state index in [9.17, 15) is 4.79 Å². The molecule has 0 saturated carbocycles. The average molecular weight is 156 g/mol. The second-order valence-corrected chi connectivity index (χ2v) is 2.85. The Morgan fingerprint density at radius 1 is 1.55 bits per heavy atom. The molecule has 0 spiro atoms. The minimum Gasteiger partial charge on any atom is -0.463 e. The highest BCUT2D eigenvalue weighted by Crippen LogP contribution is 1.98. The van der Waals surface area contributed by atoms with E-state index in [1.165, 1.54) is 6.08 Å². The van der Waals surface area contributed by atoms with Crippen LogP contribution in [0.4, 0.5) is 0 Å². The largest absolute Gasteiger partial charge is 0.463 e. The second kappa shape index (κ2) is 5.96. The predicted octanol–water partition coefficient (Wildman–Crippen LogP) is 2.15. The van der Waals surface area contributed by atoms with Gasteiger partial charge in [-0.1, -0.05) is 19.9 Å². The van der Waals surface area contributed by atoms with Crippen LogP contribution < -0.4 is 0 Å². The fourth-order valence-electron chi connectivity index (χ4n) is 0.579. The molecule has 0 aromatic carbocycles. The molecule has 2 heteroatoms. The summed E-state index contributed by atoms with van der Waals surface area (Å²) < 4.78 is 4.87. The Kier molecular flexibility index (Phi) is 5.53. The van der Waals surface area contributed by atoms with Gasteiger partial charge in [0.05, 0.1) is 6.61 Å². The number of hydrogen-bond donors (Lipinski definition) is 0. The first-order chi connectivity index (χ1) is 5.16. The third-order valence-corrected chi connectivity index (χ3v) is 1.24. The molecule has 0 amide bonds. The maximum Gasteiger partial charge on any atom is 0.330 e. The summed E-state index contributed by atoms with van der Waals surface area (Å²) in [7, 11) is 0. The number of ether oxygens (including phenoxy) is 1. The lowest BCUT2D eigenvalue weighted by molar-refractivity contribution is -0.138. The topological polar surface area (TPSA) is 26.3 Å².